The second-order valence-corrected chi connectivity index (χ2v) is 6.86. The summed E-state index contributed by atoms with van der Waals surface area (Å²) in [6, 6.07) is 7.65. The number of imidazole rings is 1. The van der Waals surface area contributed by atoms with E-state index in [9.17, 15) is 13.6 Å². The molecule has 0 saturated heterocycles. The van der Waals surface area contributed by atoms with Crippen molar-refractivity contribution in [2.75, 3.05) is 20.7 Å². The molecule has 1 saturated carbocycles. The van der Waals surface area contributed by atoms with Gasteiger partial charge in [-0.1, -0.05) is 12.1 Å². The summed E-state index contributed by atoms with van der Waals surface area (Å²) >= 11 is 0. The normalized spacial score (nSPS) is 15.2. The van der Waals surface area contributed by atoms with E-state index in [0.717, 1.165) is 28.7 Å². The van der Waals surface area contributed by atoms with Crippen LogP contribution in [0.15, 0.2) is 36.7 Å². The molecular weight excluding hydrogens is 354 g/mol. The second-order valence-electron chi connectivity index (χ2n) is 6.86. The number of aromatic nitrogens is 2. The third-order valence-corrected chi connectivity index (χ3v) is 4.67. The van der Waals surface area contributed by atoms with Crippen LogP contribution in [0, 0.1) is 5.92 Å². The average molecular weight is 378 g/mol. The Morgan fingerprint density at radius 2 is 2.07 bits per heavy atom. The summed E-state index contributed by atoms with van der Waals surface area (Å²) in [6.45, 7) is -2.37. The van der Waals surface area contributed by atoms with Crippen LogP contribution in [0.4, 0.5) is 8.78 Å². The van der Waals surface area contributed by atoms with Crippen LogP contribution < -0.4 is 10.1 Å². The van der Waals surface area contributed by atoms with E-state index in [-0.39, 0.29) is 30.9 Å². The largest absolute Gasteiger partial charge is 0.497 e. The van der Waals surface area contributed by atoms with Crippen LogP contribution in [-0.4, -0.2) is 41.1 Å². The molecule has 1 fully saturated rings. The zero-order valence-electron chi connectivity index (χ0n) is 15.4. The smallest absolute Gasteiger partial charge is 0.319 e. The molecule has 8 heteroatoms. The first-order valence-corrected chi connectivity index (χ1v) is 8.89. The Hall–Kier alpha value is -2.48. The van der Waals surface area contributed by atoms with Gasteiger partial charge in [0.15, 0.2) is 0 Å². The number of carbonyl (C=O) groups is 1. The number of benzene rings is 1. The van der Waals surface area contributed by atoms with Crippen molar-refractivity contribution in [3.05, 3.63) is 48.0 Å². The molecule has 27 heavy (non-hydrogen) atoms. The van der Waals surface area contributed by atoms with E-state index in [1.54, 1.807) is 19.1 Å². The Morgan fingerprint density at radius 1 is 1.37 bits per heavy atom. The molecule has 6 nitrogen and oxygen atoms in total. The Kier molecular flexibility index (Phi) is 6.05. The van der Waals surface area contributed by atoms with Gasteiger partial charge in [-0.2, -0.15) is 8.78 Å². The highest BCUT2D eigenvalue weighted by atomic mass is 19.3. The third-order valence-electron chi connectivity index (χ3n) is 4.67. The van der Waals surface area contributed by atoms with Crippen molar-refractivity contribution < 1.29 is 18.3 Å². The zero-order chi connectivity index (χ0) is 19.4. The lowest BCUT2D eigenvalue weighted by Crippen LogP contribution is -2.38. The summed E-state index contributed by atoms with van der Waals surface area (Å²) < 4.78 is 31.8. The molecule has 1 heterocycles. The molecule has 1 atom stereocenters. The standard InChI is InChI=1S/C19H24F2N4O2/c1-24(11-16-22-9-10-25(16)19(20)21)12-17(26)23-18(13-3-4-13)14-5-7-15(27-2)8-6-14/h5-10,13,18-19H,3-4,11-12H2,1-2H3,(H,23,26). The molecule has 1 aromatic carbocycles. The maximum Gasteiger partial charge on any atom is 0.319 e. The van der Waals surface area contributed by atoms with Gasteiger partial charge in [-0.3, -0.25) is 14.3 Å². The van der Waals surface area contributed by atoms with Crippen LogP contribution in [0.25, 0.3) is 0 Å². The number of nitrogens with one attached hydrogen (secondary N) is 1. The van der Waals surface area contributed by atoms with Gasteiger partial charge in [0.1, 0.15) is 11.6 Å². The molecule has 1 aromatic heterocycles. The number of likely N-dealkylation sites (N-methyl/N-ethyl adjacent to an activating group) is 1. The van der Waals surface area contributed by atoms with Gasteiger partial charge in [-0.25, -0.2) is 4.98 Å². The highest BCUT2D eigenvalue weighted by Gasteiger charge is 2.33. The first kappa shape index (κ1) is 19.3. The first-order valence-electron chi connectivity index (χ1n) is 8.89. The second kappa shape index (κ2) is 8.47. The Labute approximate surface area is 157 Å². The summed E-state index contributed by atoms with van der Waals surface area (Å²) in [5.41, 5.74) is 1.04. The molecule has 1 N–H and O–H groups in total. The number of methoxy groups -OCH3 is 1. The van der Waals surface area contributed by atoms with Crippen LogP contribution in [-0.2, 0) is 11.3 Å². The molecule has 2 aromatic rings. The predicted octanol–water partition coefficient (Wildman–Crippen LogP) is 2.99. The van der Waals surface area contributed by atoms with Crippen molar-refractivity contribution >= 4 is 5.91 Å². The lowest BCUT2D eigenvalue weighted by molar-refractivity contribution is -0.123. The zero-order valence-corrected chi connectivity index (χ0v) is 15.4. The molecule has 0 spiro atoms. The molecular formula is C19H24F2N4O2. The number of ether oxygens (including phenoxy) is 1. The molecule has 3 rings (SSSR count). The summed E-state index contributed by atoms with van der Waals surface area (Å²) in [4.78, 5) is 18.1. The number of halogens is 2. The molecule has 1 aliphatic rings. The van der Waals surface area contributed by atoms with Gasteiger partial charge < -0.3 is 10.1 Å². The fourth-order valence-corrected chi connectivity index (χ4v) is 3.12. The number of amides is 1. The Bertz CT molecular complexity index is 759. The van der Waals surface area contributed by atoms with E-state index in [4.69, 9.17) is 4.74 Å². The topological polar surface area (TPSA) is 59.4 Å². The third kappa shape index (κ3) is 5.03. The molecule has 1 aliphatic carbocycles. The van der Waals surface area contributed by atoms with Gasteiger partial charge in [0.05, 0.1) is 26.2 Å². The SMILES string of the molecule is COc1ccc(C(NC(=O)CN(C)Cc2nccn2C(F)F)C2CC2)cc1. The van der Waals surface area contributed by atoms with E-state index in [1.807, 2.05) is 24.3 Å². The maximum atomic E-state index is 12.9. The minimum atomic E-state index is -2.64. The van der Waals surface area contributed by atoms with E-state index in [0.29, 0.717) is 5.92 Å². The molecule has 0 bridgehead atoms. The average Bonchev–Trinajstić information content (AvgIpc) is 3.38. The van der Waals surface area contributed by atoms with Crippen molar-refractivity contribution in [1.82, 2.24) is 19.8 Å². The predicted molar refractivity (Wildman–Crippen MR) is 96.4 cm³/mol. The van der Waals surface area contributed by atoms with E-state index in [2.05, 4.69) is 10.3 Å². The van der Waals surface area contributed by atoms with Crippen molar-refractivity contribution in [2.24, 2.45) is 5.92 Å². The van der Waals surface area contributed by atoms with Gasteiger partial charge in [-0.05, 0) is 43.5 Å². The number of rotatable bonds is 9. The summed E-state index contributed by atoms with van der Waals surface area (Å²) in [5, 5.41) is 3.08. The molecule has 146 valence electrons. The van der Waals surface area contributed by atoms with Gasteiger partial charge in [0, 0.05) is 12.4 Å². The lowest BCUT2D eigenvalue weighted by Gasteiger charge is -2.22. The van der Waals surface area contributed by atoms with E-state index in [1.165, 1.54) is 12.4 Å². The number of hydrogen-bond donors (Lipinski definition) is 1. The van der Waals surface area contributed by atoms with Crippen molar-refractivity contribution in [3.8, 4) is 5.75 Å². The Balaban J connectivity index is 1.58. The minimum absolute atomic E-state index is 0.0418. The molecule has 0 radical (unpaired) electrons. The van der Waals surface area contributed by atoms with Gasteiger partial charge in [0.2, 0.25) is 5.91 Å². The van der Waals surface area contributed by atoms with Crippen LogP contribution in [0.2, 0.25) is 0 Å². The molecule has 1 amide bonds. The fourth-order valence-electron chi connectivity index (χ4n) is 3.12. The number of carbonyl (C=O) groups excluding carboxylic acids is 1. The molecule has 1 unspecified atom stereocenters. The van der Waals surface area contributed by atoms with Crippen LogP contribution in [0.3, 0.4) is 0 Å². The minimum Gasteiger partial charge on any atom is -0.497 e. The van der Waals surface area contributed by atoms with E-state index < -0.39 is 6.55 Å². The number of nitrogens with zero attached hydrogens (tertiary/aromatic N) is 3. The monoisotopic (exact) mass is 378 g/mol. The van der Waals surface area contributed by atoms with E-state index >= 15 is 0 Å². The van der Waals surface area contributed by atoms with Crippen LogP contribution in [0.5, 0.6) is 5.75 Å². The highest BCUT2D eigenvalue weighted by molar-refractivity contribution is 5.78. The molecule has 0 aliphatic heterocycles. The lowest BCUT2D eigenvalue weighted by atomic mass is 10.0. The maximum absolute atomic E-state index is 12.9. The number of hydrogen-bond acceptors (Lipinski definition) is 4. The number of alkyl halides is 2. The van der Waals surface area contributed by atoms with Gasteiger partial charge in [0.25, 0.3) is 0 Å². The Morgan fingerprint density at radius 3 is 2.67 bits per heavy atom. The van der Waals surface area contributed by atoms with Crippen molar-refractivity contribution in [2.45, 2.75) is 32.0 Å². The highest BCUT2D eigenvalue weighted by Crippen LogP contribution is 2.41. The van der Waals surface area contributed by atoms with Gasteiger partial charge >= 0.3 is 6.55 Å². The van der Waals surface area contributed by atoms with Crippen LogP contribution >= 0.6 is 0 Å². The summed E-state index contributed by atoms with van der Waals surface area (Å²) in [7, 11) is 3.33. The summed E-state index contributed by atoms with van der Waals surface area (Å²) in [6.07, 6.45) is 4.74. The quantitative estimate of drug-likeness (QED) is 0.729. The van der Waals surface area contributed by atoms with Gasteiger partial charge in [-0.15, -0.1) is 0 Å². The van der Waals surface area contributed by atoms with Crippen molar-refractivity contribution in [3.63, 3.8) is 0 Å². The van der Waals surface area contributed by atoms with Crippen LogP contribution in [0.1, 0.15) is 36.8 Å². The fraction of sp³-hybridized carbons (Fsp3) is 0.474. The summed E-state index contributed by atoms with van der Waals surface area (Å²) in [5.74, 6) is 1.30. The first-order chi connectivity index (χ1) is 13.0. The van der Waals surface area contributed by atoms with Crippen molar-refractivity contribution in [1.29, 1.82) is 0 Å².